The highest BCUT2D eigenvalue weighted by atomic mass is 16.5. The summed E-state index contributed by atoms with van der Waals surface area (Å²) in [5.41, 5.74) is 1.27. The molecule has 2 N–H and O–H groups in total. The monoisotopic (exact) mass is 208 g/mol. The van der Waals surface area contributed by atoms with Gasteiger partial charge in [-0.25, -0.2) is 0 Å². The maximum absolute atomic E-state index is 5.61. The van der Waals surface area contributed by atoms with Crippen molar-refractivity contribution < 1.29 is 10.1 Å². The van der Waals surface area contributed by atoms with Crippen LogP contribution < -0.4 is 10.1 Å². The number of benzene rings is 1. The van der Waals surface area contributed by atoms with Gasteiger partial charge in [-0.1, -0.05) is 31.0 Å². The van der Waals surface area contributed by atoms with Crippen LogP contribution in [0.2, 0.25) is 0 Å². The summed E-state index contributed by atoms with van der Waals surface area (Å²) >= 11 is 0. The van der Waals surface area contributed by atoms with E-state index in [9.17, 15) is 0 Å². The Hall–Kier alpha value is -1.02. The van der Waals surface area contributed by atoms with Crippen molar-refractivity contribution in [3.8, 4) is 5.75 Å². The van der Waals surface area contributed by atoms with E-state index >= 15 is 0 Å². The van der Waals surface area contributed by atoms with Crippen molar-refractivity contribution >= 4 is 0 Å². The Labute approximate surface area is 92.6 Å². The van der Waals surface area contributed by atoms with Gasteiger partial charge in [-0.3, -0.25) is 0 Å². The Morgan fingerprint density at radius 3 is 2.53 bits per heavy atom. The molecule has 0 heterocycles. The fourth-order valence-corrected chi connectivity index (χ4v) is 1.39. The lowest BCUT2D eigenvalue weighted by molar-refractivity contribution is -0.655. The van der Waals surface area contributed by atoms with Crippen LogP contribution in [0.1, 0.15) is 25.3 Å². The van der Waals surface area contributed by atoms with Crippen molar-refractivity contribution in [1.29, 1.82) is 0 Å². The summed E-state index contributed by atoms with van der Waals surface area (Å²) < 4.78 is 5.61. The number of aryl methyl sites for hydroxylation is 1. The maximum atomic E-state index is 5.61. The van der Waals surface area contributed by atoms with Crippen LogP contribution in [-0.4, -0.2) is 19.7 Å². The average molecular weight is 208 g/mol. The largest absolute Gasteiger partial charge is 0.488 e. The Balaban J connectivity index is 2.07. The molecule has 0 saturated heterocycles. The predicted molar refractivity (Wildman–Crippen MR) is 63.2 cm³/mol. The summed E-state index contributed by atoms with van der Waals surface area (Å²) in [6.07, 6.45) is 2.57. The first-order valence-electron chi connectivity index (χ1n) is 5.84. The number of ether oxygens (including phenoxy) is 1. The van der Waals surface area contributed by atoms with Crippen LogP contribution in [0.15, 0.2) is 24.3 Å². The van der Waals surface area contributed by atoms with Crippen molar-refractivity contribution in [3.05, 3.63) is 29.8 Å². The molecule has 2 nitrogen and oxygen atoms in total. The van der Waals surface area contributed by atoms with Crippen molar-refractivity contribution in [2.24, 2.45) is 0 Å². The van der Waals surface area contributed by atoms with E-state index in [4.69, 9.17) is 4.74 Å². The number of hydrogen-bond acceptors (Lipinski definition) is 1. The van der Waals surface area contributed by atoms with Crippen LogP contribution in [-0.2, 0) is 0 Å². The third-order valence-corrected chi connectivity index (χ3v) is 2.37. The summed E-state index contributed by atoms with van der Waals surface area (Å²) in [6.45, 7) is 7.37. The van der Waals surface area contributed by atoms with Crippen molar-refractivity contribution in [2.75, 3.05) is 19.7 Å². The van der Waals surface area contributed by atoms with Crippen molar-refractivity contribution in [1.82, 2.24) is 0 Å². The number of hydrogen-bond donors (Lipinski definition) is 1. The quantitative estimate of drug-likeness (QED) is 0.679. The molecule has 0 bridgehead atoms. The van der Waals surface area contributed by atoms with E-state index in [1.54, 1.807) is 0 Å². The molecular weight excluding hydrogens is 186 g/mol. The molecule has 0 aliphatic heterocycles. The van der Waals surface area contributed by atoms with Gasteiger partial charge in [-0.15, -0.1) is 0 Å². The molecule has 0 radical (unpaired) electrons. The predicted octanol–water partition coefficient (Wildman–Crippen LogP) is 1.74. The van der Waals surface area contributed by atoms with Gasteiger partial charge in [0, 0.05) is 0 Å². The topological polar surface area (TPSA) is 25.8 Å². The van der Waals surface area contributed by atoms with Gasteiger partial charge in [0.25, 0.3) is 0 Å². The molecule has 0 aliphatic rings. The Morgan fingerprint density at radius 2 is 1.87 bits per heavy atom. The molecule has 0 atom stereocenters. The van der Waals surface area contributed by atoms with Gasteiger partial charge in [-0.05, 0) is 25.5 Å². The smallest absolute Gasteiger partial charge is 0.137 e. The zero-order valence-electron chi connectivity index (χ0n) is 9.83. The Kier molecular flexibility index (Phi) is 5.86. The van der Waals surface area contributed by atoms with Gasteiger partial charge < -0.3 is 10.1 Å². The first kappa shape index (κ1) is 12.1. The second-order valence-corrected chi connectivity index (χ2v) is 3.88. The highest BCUT2D eigenvalue weighted by molar-refractivity contribution is 5.26. The van der Waals surface area contributed by atoms with Gasteiger partial charge in [-0.2, -0.15) is 0 Å². The molecule has 1 aromatic rings. The molecule has 0 amide bonds. The first-order valence-corrected chi connectivity index (χ1v) is 5.84. The summed E-state index contributed by atoms with van der Waals surface area (Å²) in [5, 5.41) is 2.32. The van der Waals surface area contributed by atoms with E-state index < -0.39 is 0 Å². The van der Waals surface area contributed by atoms with Gasteiger partial charge in [0.15, 0.2) is 0 Å². The fourth-order valence-electron chi connectivity index (χ4n) is 1.39. The standard InChI is InChI=1S/C13H21NO/c1-3-4-9-14-10-11-15-13-7-5-12(2)6-8-13/h5-8,14H,3-4,9-11H2,1-2H3/p+1. The summed E-state index contributed by atoms with van der Waals surface area (Å²) in [6, 6.07) is 8.22. The molecule has 15 heavy (non-hydrogen) atoms. The van der Waals surface area contributed by atoms with Crippen molar-refractivity contribution in [2.45, 2.75) is 26.7 Å². The Morgan fingerprint density at radius 1 is 1.13 bits per heavy atom. The SMILES string of the molecule is CCCC[NH2+]CCOc1ccc(C)cc1. The minimum absolute atomic E-state index is 0.798. The number of nitrogens with two attached hydrogens (primary N) is 1. The molecule has 0 unspecified atom stereocenters. The first-order chi connectivity index (χ1) is 7.33. The third-order valence-electron chi connectivity index (χ3n) is 2.37. The number of rotatable bonds is 7. The van der Waals surface area contributed by atoms with Crippen LogP contribution in [0.25, 0.3) is 0 Å². The van der Waals surface area contributed by atoms with E-state index in [0.717, 1.165) is 18.9 Å². The molecular formula is C13H22NO+. The van der Waals surface area contributed by atoms with Gasteiger partial charge in [0.1, 0.15) is 18.9 Å². The zero-order chi connectivity index (χ0) is 10.9. The van der Waals surface area contributed by atoms with Gasteiger partial charge in [0.05, 0.1) is 6.54 Å². The second-order valence-electron chi connectivity index (χ2n) is 3.88. The molecule has 1 aromatic carbocycles. The highest BCUT2D eigenvalue weighted by Crippen LogP contribution is 2.10. The summed E-state index contributed by atoms with van der Waals surface area (Å²) in [4.78, 5) is 0. The third kappa shape index (κ3) is 5.43. The Bertz CT molecular complexity index is 256. The normalized spacial score (nSPS) is 10.3. The molecule has 2 heteroatoms. The van der Waals surface area contributed by atoms with Gasteiger partial charge in [0.2, 0.25) is 0 Å². The molecule has 0 aromatic heterocycles. The lowest BCUT2D eigenvalue weighted by Crippen LogP contribution is -2.85. The van der Waals surface area contributed by atoms with Crippen LogP contribution in [0.4, 0.5) is 0 Å². The van der Waals surface area contributed by atoms with Crippen LogP contribution in [0.3, 0.4) is 0 Å². The molecule has 0 saturated carbocycles. The minimum Gasteiger partial charge on any atom is -0.488 e. The lowest BCUT2D eigenvalue weighted by Gasteiger charge is -2.05. The van der Waals surface area contributed by atoms with E-state index in [-0.39, 0.29) is 0 Å². The van der Waals surface area contributed by atoms with E-state index in [1.165, 1.54) is 24.9 Å². The number of unbranched alkanes of at least 4 members (excludes halogenated alkanes) is 1. The van der Waals surface area contributed by atoms with Crippen LogP contribution >= 0.6 is 0 Å². The summed E-state index contributed by atoms with van der Waals surface area (Å²) in [7, 11) is 0. The molecule has 0 spiro atoms. The van der Waals surface area contributed by atoms with Crippen LogP contribution in [0, 0.1) is 6.92 Å². The maximum Gasteiger partial charge on any atom is 0.137 e. The molecule has 0 aliphatic carbocycles. The van der Waals surface area contributed by atoms with E-state index in [0.29, 0.717) is 0 Å². The fraction of sp³-hybridized carbons (Fsp3) is 0.538. The minimum atomic E-state index is 0.798. The van der Waals surface area contributed by atoms with E-state index in [2.05, 4.69) is 31.3 Å². The molecule has 0 fully saturated rings. The van der Waals surface area contributed by atoms with E-state index in [1.807, 2.05) is 12.1 Å². The molecule has 1 rings (SSSR count). The lowest BCUT2D eigenvalue weighted by atomic mass is 10.2. The molecule has 84 valence electrons. The highest BCUT2D eigenvalue weighted by Gasteiger charge is 1.94. The average Bonchev–Trinajstić information content (AvgIpc) is 2.26. The summed E-state index contributed by atoms with van der Waals surface area (Å²) in [5.74, 6) is 0.976. The van der Waals surface area contributed by atoms with Gasteiger partial charge >= 0.3 is 0 Å². The second kappa shape index (κ2) is 7.30. The van der Waals surface area contributed by atoms with Crippen molar-refractivity contribution in [3.63, 3.8) is 0 Å². The number of quaternary nitrogens is 1. The van der Waals surface area contributed by atoms with Crippen LogP contribution in [0.5, 0.6) is 5.75 Å². The zero-order valence-corrected chi connectivity index (χ0v) is 9.83.